The van der Waals surface area contributed by atoms with E-state index in [1.165, 1.54) is 38.5 Å². The van der Waals surface area contributed by atoms with Gasteiger partial charge in [0.25, 0.3) is 6.43 Å². The Morgan fingerprint density at radius 2 is 1.43 bits per heavy atom. The molecule has 0 aliphatic heterocycles. The molecule has 0 spiro atoms. The Hall–Kier alpha value is -1.39. The first kappa shape index (κ1) is 23.3. The zero-order chi connectivity index (χ0) is 21.5. The predicted molar refractivity (Wildman–Crippen MR) is 110 cm³/mol. The molecule has 0 radical (unpaired) electrons. The van der Waals surface area contributed by atoms with E-state index < -0.39 is 23.6 Å². The van der Waals surface area contributed by atoms with Crippen LogP contribution in [0, 0.1) is 35.3 Å². The largest absolute Gasteiger partial charge is 0.269 e. The lowest BCUT2D eigenvalue weighted by Crippen LogP contribution is -2.25. The summed E-state index contributed by atoms with van der Waals surface area (Å²) < 4.78 is 65.1. The lowest BCUT2D eigenvalue weighted by atomic mass is 9.68. The third-order valence-corrected chi connectivity index (χ3v) is 7.26. The van der Waals surface area contributed by atoms with Crippen LogP contribution in [-0.4, -0.2) is 6.67 Å². The first-order chi connectivity index (χ1) is 14.5. The van der Waals surface area contributed by atoms with Crippen molar-refractivity contribution >= 4 is 0 Å². The van der Waals surface area contributed by atoms with Crippen LogP contribution in [0.2, 0.25) is 0 Å². The molecular formula is C25H33F5. The quantitative estimate of drug-likeness (QED) is 0.288. The Morgan fingerprint density at radius 1 is 0.867 bits per heavy atom. The molecule has 0 nitrogen and oxygen atoms in total. The van der Waals surface area contributed by atoms with Gasteiger partial charge in [-0.25, -0.2) is 17.6 Å². The van der Waals surface area contributed by atoms with Crippen molar-refractivity contribution in [3.63, 3.8) is 0 Å². The fourth-order valence-corrected chi connectivity index (χ4v) is 5.47. The Kier molecular flexibility index (Phi) is 8.76. The van der Waals surface area contributed by atoms with Crippen molar-refractivity contribution in [3.05, 3.63) is 47.0 Å². The molecule has 2 saturated carbocycles. The smallest absolute Gasteiger partial charge is 0.251 e. The van der Waals surface area contributed by atoms with Crippen molar-refractivity contribution in [2.45, 2.75) is 77.1 Å². The summed E-state index contributed by atoms with van der Waals surface area (Å²) in [6.07, 6.45) is 12.6. The van der Waals surface area contributed by atoms with Crippen molar-refractivity contribution in [2.75, 3.05) is 6.67 Å². The van der Waals surface area contributed by atoms with Crippen molar-refractivity contribution < 1.29 is 22.0 Å². The fourth-order valence-electron chi connectivity index (χ4n) is 5.47. The van der Waals surface area contributed by atoms with Gasteiger partial charge in [-0.3, -0.25) is 4.39 Å². The van der Waals surface area contributed by atoms with E-state index in [9.17, 15) is 22.0 Å². The van der Waals surface area contributed by atoms with E-state index in [1.54, 1.807) is 0 Å². The van der Waals surface area contributed by atoms with E-state index in [0.29, 0.717) is 30.2 Å². The SMILES string of the molecule is FCCC=CC1CCC(C2CCC(CCc3cc(F)c(C(F)F)c(F)c3)CC2)CC1. The average Bonchev–Trinajstić information content (AvgIpc) is 2.73. The van der Waals surface area contributed by atoms with E-state index in [2.05, 4.69) is 6.08 Å². The maximum Gasteiger partial charge on any atom is 0.269 e. The Balaban J connectivity index is 1.40. The van der Waals surface area contributed by atoms with Gasteiger partial charge in [-0.2, -0.15) is 0 Å². The monoisotopic (exact) mass is 428 g/mol. The lowest BCUT2D eigenvalue weighted by molar-refractivity contribution is 0.141. The zero-order valence-corrected chi connectivity index (χ0v) is 17.6. The Bertz CT molecular complexity index is 660. The molecule has 0 amide bonds. The van der Waals surface area contributed by atoms with E-state index >= 15 is 0 Å². The second-order valence-corrected chi connectivity index (χ2v) is 9.17. The normalized spacial score (nSPS) is 27.8. The minimum absolute atomic E-state index is 0.278. The van der Waals surface area contributed by atoms with Gasteiger partial charge in [0, 0.05) is 0 Å². The molecule has 2 aliphatic rings. The number of allylic oxidation sites excluding steroid dienone is 2. The molecule has 168 valence electrons. The third-order valence-electron chi connectivity index (χ3n) is 7.26. The molecule has 0 heterocycles. The second-order valence-electron chi connectivity index (χ2n) is 9.17. The van der Waals surface area contributed by atoms with Gasteiger partial charge < -0.3 is 0 Å². The summed E-state index contributed by atoms with van der Waals surface area (Å²) in [7, 11) is 0. The number of halogens is 5. The molecule has 1 aromatic rings. The summed E-state index contributed by atoms with van der Waals surface area (Å²) in [6.45, 7) is -0.278. The topological polar surface area (TPSA) is 0 Å². The van der Waals surface area contributed by atoms with Gasteiger partial charge in [0.05, 0.1) is 12.2 Å². The van der Waals surface area contributed by atoms with Crippen molar-refractivity contribution in [2.24, 2.45) is 23.7 Å². The molecule has 2 fully saturated rings. The number of alkyl halides is 3. The van der Waals surface area contributed by atoms with Crippen molar-refractivity contribution in [1.82, 2.24) is 0 Å². The Morgan fingerprint density at radius 3 is 1.97 bits per heavy atom. The summed E-state index contributed by atoms with van der Waals surface area (Å²) in [5.74, 6) is 0.445. The summed E-state index contributed by atoms with van der Waals surface area (Å²) in [4.78, 5) is 0. The van der Waals surface area contributed by atoms with Gasteiger partial charge in [0.15, 0.2) is 0 Å². The molecule has 30 heavy (non-hydrogen) atoms. The molecule has 0 aromatic heterocycles. The highest BCUT2D eigenvalue weighted by atomic mass is 19.3. The highest BCUT2D eigenvalue weighted by Crippen LogP contribution is 2.42. The molecule has 2 aliphatic carbocycles. The van der Waals surface area contributed by atoms with Gasteiger partial charge in [-0.1, -0.05) is 25.0 Å². The van der Waals surface area contributed by atoms with Crippen LogP contribution >= 0.6 is 0 Å². The number of rotatable bonds is 8. The number of aryl methyl sites for hydroxylation is 1. The fraction of sp³-hybridized carbons (Fsp3) is 0.680. The standard InChI is InChI=1S/C25H33F5/c26-14-2-1-3-17-6-10-20(11-7-17)21-12-8-18(9-13-21)4-5-19-15-22(27)24(25(29)30)23(28)16-19/h1,3,15-18,20-21,25H,2,4-14H2. The van der Waals surface area contributed by atoms with E-state index in [0.717, 1.165) is 43.2 Å². The van der Waals surface area contributed by atoms with Gasteiger partial charge in [-0.05, 0) is 99.2 Å². The first-order valence-electron chi connectivity index (χ1n) is 11.5. The predicted octanol–water partition coefficient (Wildman–Crippen LogP) is 8.36. The van der Waals surface area contributed by atoms with E-state index in [-0.39, 0.29) is 6.67 Å². The van der Waals surface area contributed by atoms with Crippen LogP contribution in [0.15, 0.2) is 24.3 Å². The molecular weight excluding hydrogens is 395 g/mol. The Labute approximate surface area is 176 Å². The molecule has 0 N–H and O–H groups in total. The van der Waals surface area contributed by atoms with Gasteiger partial charge in [0.1, 0.15) is 11.6 Å². The van der Waals surface area contributed by atoms with Gasteiger partial charge in [0.2, 0.25) is 0 Å². The molecule has 0 atom stereocenters. The maximum absolute atomic E-state index is 13.8. The van der Waals surface area contributed by atoms with Crippen LogP contribution < -0.4 is 0 Å². The zero-order valence-electron chi connectivity index (χ0n) is 17.6. The van der Waals surface area contributed by atoms with Gasteiger partial charge in [-0.15, -0.1) is 0 Å². The number of hydrogen-bond donors (Lipinski definition) is 0. The highest BCUT2D eigenvalue weighted by Gasteiger charge is 2.30. The van der Waals surface area contributed by atoms with Crippen molar-refractivity contribution in [1.29, 1.82) is 0 Å². The van der Waals surface area contributed by atoms with Crippen LogP contribution in [0.4, 0.5) is 22.0 Å². The van der Waals surface area contributed by atoms with Crippen LogP contribution in [0.25, 0.3) is 0 Å². The van der Waals surface area contributed by atoms with Gasteiger partial charge >= 0.3 is 0 Å². The maximum atomic E-state index is 13.8. The highest BCUT2D eigenvalue weighted by molar-refractivity contribution is 5.27. The van der Waals surface area contributed by atoms with E-state index in [4.69, 9.17) is 0 Å². The molecule has 1 aromatic carbocycles. The van der Waals surface area contributed by atoms with Crippen LogP contribution in [0.5, 0.6) is 0 Å². The molecule has 5 heteroatoms. The van der Waals surface area contributed by atoms with Crippen molar-refractivity contribution in [3.8, 4) is 0 Å². The summed E-state index contributed by atoms with van der Waals surface area (Å²) >= 11 is 0. The number of benzene rings is 1. The van der Waals surface area contributed by atoms with E-state index in [1.807, 2.05) is 6.08 Å². The van der Waals surface area contributed by atoms with Crippen LogP contribution in [0.3, 0.4) is 0 Å². The minimum atomic E-state index is -3.13. The lowest BCUT2D eigenvalue weighted by Gasteiger charge is -2.37. The number of hydrogen-bond acceptors (Lipinski definition) is 0. The molecule has 0 unspecified atom stereocenters. The summed E-state index contributed by atoms with van der Waals surface area (Å²) in [5, 5.41) is 0. The van der Waals surface area contributed by atoms with Crippen LogP contribution in [-0.2, 0) is 6.42 Å². The average molecular weight is 429 g/mol. The molecule has 3 rings (SSSR count). The summed E-state index contributed by atoms with van der Waals surface area (Å²) in [5.41, 5.74) is -0.650. The first-order valence-corrected chi connectivity index (χ1v) is 11.5. The second kappa shape index (κ2) is 11.3. The third kappa shape index (κ3) is 6.31. The summed E-state index contributed by atoms with van der Waals surface area (Å²) in [6, 6.07) is 2.13. The van der Waals surface area contributed by atoms with Crippen LogP contribution in [0.1, 0.15) is 81.8 Å². The molecule has 0 bridgehead atoms. The minimum Gasteiger partial charge on any atom is -0.251 e. The molecule has 0 saturated heterocycles.